The molecular weight excluding hydrogens is 386 g/mol. The molecule has 1 amide bonds. The second-order valence-electron chi connectivity index (χ2n) is 6.62. The molecule has 4 aromatic rings. The van der Waals surface area contributed by atoms with Gasteiger partial charge in [0.15, 0.2) is 11.4 Å². The number of thioether (sulfide) groups is 1. The summed E-state index contributed by atoms with van der Waals surface area (Å²) in [7, 11) is 0. The van der Waals surface area contributed by atoms with Crippen molar-refractivity contribution in [2.24, 2.45) is 0 Å². The van der Waals surface area contributed by atoms with Gasteiger partial charge in [-0.05, 0) is 35.9 Å². The predicted octanol–water partition coefficient (Wildman–Crippen LogP) is 3.29. The van der Waals surface area contributed by atoms with E-state index >= 15 is 0 Å². The van der Waals surface area contributed by atoms with Crippen LogP contribution in [0.2, 0.25) is 0 Å². The molecule has 29 heavy (non-hydrogen) atoms. The van der Waals surface area contributed by atoms with Crippen molar-refractivity contribution in [3.8, 4) is 5.69 Å². The maximum atomic E-state index is 12.7. The molecule has 0 saturated heterocycles. The van der Waals surface area contributed by atoms with Gasteiger partial charge in [-0.15, -0.1) is 0 Å². The largest absolute Gasteiger partial charge is 0.326 e. The van der Waals surface area contributed by atoms with E-state index in [4.69, 9.17) is 0 Å². The molecule has 3 heterocycles. The second kappa shape index (κ2) is 7.14. The van der Waals surface area contributed by atoms with Crippen LogP contribution in [0.25, 0.3) is 16.7 Å². The minimum Gasteiger partial charge on any atom is -0.326 e. The van der Waals surface area contributed by atoms with Gasteiger partial charge in [-0.3, -0.25) is 9.59 Å². The first-order valence-electron chi connectivity index (χ1n) is 9.02. The first-order valence-corrected chi connectivity index (χ1v) is 10.0. The number of para-hydroxylation sites is 1. The lowest BCUT2D eigenvalue weighted by Gasteiger charge is -2.05. The summed E-state index contributed by atoms with van der Waals surface area (Å²) in [6.45, 7) is 0. The summed E-state index contributed by atoms with van der Waals surface area (Å²) in [6, 6.07) is 15.1. The van der Waals surface area contributed by atoms with E-state index in [-0.39, 0.29) is 17.4 Å². The molecule has 0 fully saturated rings. The van der Waals surface area contributed by atoms with Crippen LogP contribution in [0, 0.1) is 0 Å². The molecule has 5 rings (SSSR count). The monoisotopic (exact) mass is 401 g/mol. The van der Waals surface area contributed by atoms with Crippen LogP contribution in [0.1, 0.15) is 15.9 Å². The number of carbonyl (C=O) groups excluding carboxylic acids is 2. The Hall–Kier alpha value is -3.52. The number of amides is 1. The lowest BCUT2D eigenvalue weighted by molar-refractivity contribution is -0.115. The average molecular weight is 401 g/mol. The highest BCUT2D eigenvalue weighted by molar-refractivity contribution is 8.00. The van der Waals surface area contributed by atoms with E-state index in [1.807, 2.05) is 30.3 Å². The van der Waals surface area contributed by atoms with Crippen LogP contribution < -0.4 is 5.32 Å². The fourth-order valence-electron chi connectivity index (χ4n) is 3.32. The van der Waals surface area contributed by atoms with Crippen LogP contribution in [0.4, 0.5) is 5.69 Å². The highest BCUT2D eigenvalue weighted by atomic mass is 32.2. The zero-order chi connectivity index (χ0) is 19.8. The minimum atomic E-state index is -0.0437. The molecule has 0 atom stereocenters. The number of hydrogen-bond acceptors (Lipinski definition) is 6. The number of nitrogens with one attached hydrogen (secondary N) is 1. The van der Waals surface area contributed by atoms with Crippen LogP contribution in [0.3, 0.4) is 0 Å². The molecule has 2 aromatic carbocycles. The molecule has 0 radical (unpaired) electrons. The fraction of sp³-hybridized carbons (Fsp3) is 0.0952. The number of Topliss-reactive ketones (excluding diaryl/α,β-unsaturated/α-hetero) is 1. The number of hydrogen-bond donors (Lipinski definition) is 1. The molecule has 142 valence electrons. The van der Waals surface area contributed by atoms with Crippen LogP contribution in [-0.4, -0.2) is 37.2 Å². The van der Waals surface area contributed by atoms with E-state index in [1.165, 1.54) is 18.1 Å². The van der Waals surface area contributed by atoms with Crippen molar-refractivity contribution in [2.45, 2.75) is 11.4 Å². The first-order chi connectivity index (χ1) is 14.2. The molecule has 1 aliphatic rings. The van der Waals surface area contributed by atoms with Gasteiger partial charge in [0, 0.05) is 11.3 Å². The van der Waals surface area contributed by atoms with Crippen LogP contribution >= 0.6 is 11.8 Å². The number of anilines is 1. The van der Waals surface area contributed by atoms with E-state index in [1.54, 1.807) is 29.1 Å². The third kappa shape index (κ3) is 3.27. The number of aromatic nitrogens is 4. The lowest BCUT2D eigenvalue weighted by Crippen LogP contribution is -2.03. The lowest BCUT2D eigenvalue weighted by atomic mass is 10.1. The molecule has 1 N–H and O–H groups in total. The molecule has 1 aliphatic heterocycles. The van der Waals surface area contributed by atoms with Crippen LogP contribution in [0.15, 0.2) is 66.1 Å². The molecule has 7 nitrogen and oxygen atoms in total. The number of rotatable bonds is 5. The number of nitrogens with zero attached hydrogens (tertiary/aromatic N) is 4. The Morgan fingerprint density at radius 2 is 2.00 bits per heavy atom. The van der Waals surface area contributed by atoms with Crippen molar-refractivity contribution >= 4 is 40.2 Å². The number of carbonyl (C=O) groups is 2. The maximum absolute atomic E-state index is 12.7. The van der Waals surface area contributed by atoms with Crippen LogP contribution in [0.5, 0.6) is 0 Å². The summed E-state index contributed by atoms with van der Waals surface area (Å²) in [6.07, 6.45) is 3.53. The van der Waals surface area contributed by atoms with Gasteiger partial charge in [0.25, 0.3) is 0 Å². The summed E-state index contributed by atoms with van der Waals surface area (Å²) < 4.78 is 1.76. The van der Waals surface area contributed by atoms with Gasteiger partial charge in [-0.25, -0.2) is 14.6 Å². The molecule has 0 aliphatic carbocycles. The Labute approximate surface area is 170 Å². The third-order valence-electron chi connectivity index (χ3n) is 4.72. The Morgan fingerprint density at radius 3 is 2.86 bits per heavy atom. The van der Waals surface area contributed by atoms with E-state index in [0.717, 1.165) is 22.3 Å². The normalized spacial score (nSPS) is 12.8. The first kappa shape index (κ1) is 17.6. The minimum absolute atomic E-state index is 0.0145. The zero-order valence-corrected chi connectivity index (χ0v) is 16.0. The average Bonchev–Trinajstić information content (AvgIpc) is 3.34. The molecule has 0 spiro atoms. The van der Waals surface area contributed by atoms with Gasteiger partial charge in [0.05, 0.1) is 29.4 Å². The van der Waals surface area contributed by atoms with Crippen LogP contribution in [-0.2, 0) is 11.2 Å². The number of ketones is 1. The summed E-state index contributed by atoms with van der Waals surface area (Å²) >= 11 is 1.36. The smallest absolute Gasteiger partial charge is 0.228 e. The summed E-state index contributed by atoms with van der Waals surface area (Å²) in [5, 5.41) is 8.73. The third-order valence-corrected chi connectivity index (χ3v) is 5.73. The van der Waals surface area contributed by atoms with Crippen molar-refractivity contribution in [2.75, 3.05) is 11.1 Å². The van der Waals surface area contributed by atoms with Gasteiger partial charge in [-0.1, -0.05) is 30.0 Å². The zero-order valence-electron chi connectivity index (χ0n) is 15.2. The fourth-order valence-corrected chi connectivity index (χ4v) is 4.17. The standard InChI is InChI=1S/C21H15N5O2S/c27-18(13-6-7-17-14(8-13)9-19(28)25-17)11-29-21-16-10-24-26(20(16)22-12-23-21)15-4-2-1-3-5-15/h1-8,10,12H,9,11H2,(H,25,28). The quantitative estimate of drug-likeness (QED) is 0.314. The molecule has 0 bridgehead atoms. The second-order valence-corrected chi connectivity index (χ2v) is 7.58. The molecule has 8 heteroatoms. The summed E-state index contributed by atoms with van der Waals surface area (Å²) in [4.78, 5) is 32.9. The Balaban J connectivity index is 1.37. The molecule has 2 aromatic heterocycles. The van der Waals surface area contributed by atoms with Crippen molar-refractivity contribution < 1.29 is 9.59 Å². The molecular formula is C21H15N5O2S. The highest BCUT2D eigenvalue weighted by Crippen LogP contribution is 2.28. The summed E-state index contributed by atoms with van der Waals surface area (Å²) in [5.74, 6) is 0.181. The van der Waals surface area contributed by atoms with E-state index in [2.05, 4.69) is 20.4 Å². The van der Waals surface area contributed by atoms with E-state index < -0.39 is 0 Å². The van der Waals surface area contributed by atoms with Crippen molar-refractivity contribution in [1.82, 2.24) is 19.7 Å². The van der Waals surface area contributed by atoms with E-state index in [9.17, 15) is 9.59 Å². The van der Waals surface area contributed by atoms with Gasteiger partial charge < -0.3 is 5.32 Å². The maximum Gasteiger partial charge on any atom is 0.228 e. The number of fused-ring (bicyclic) bond motifs is 2. The molecule has 0 unspecified atom stereocenters. The Bertz CT molecular complexity index is 1250. The van der Waals surface area contributed by atoms with Crippen molar-refractivity contribution in [1.29, 1.82) is 0 Å². The van der Waals surface area contributed by atoms with Gasteiger partial charge in [0.2, 0.25) is 5.91 Å². The molecule has 0 saturated carbocycles. The van der Waals surface area contributed by atoms with Crippen molar-refractivity contribution in [3.63, 3.8) is 0 Å². The van der Waals surface area contributed by atoms with Gasteiger partial charge >= 0.3 is 0 Å². The van der Waals surface area contributed by atoms with Gasteiger partial charge in [-0.2, -0.15) is 5.10 Å². The topological polar surface area (TPSA) is 89.8 Å². The Morgan fingerprint density at radius 1 is 1.14 bits per heavy atom. The van der Waals surface area contributed by atoms with E-state index in [0.29, 0.717) is 22.7 Å². The van der Waals surface area contributed by atoms with Gasteiger partial charge in [0.1, 0.15) is 11.4 Å². The highest BCUT2D eigenvalue weighted by Gasteiger charge is 2.19. The predicted molar refractivity (Wildman–Crippen MR) is 110 cm³/mol. The van der Waals surface area contributed by atoms with Crippen molar-refractivity contribution in [3.05, 3.63) is 72.2 Å². The summed E-state index contributed by atoms with van der Waals surface area (Å²) in [5.41, 5.74) is 3.85. The Kier molecular flexibility index (Phi) is 4.33. The SMILES string of the molecule is O=C1Cc2cc(C(=O)CSc3ncnc4c3cnn4-c3ccccc3)ccc2N1. The number of benzene rings is 2.